The van der Waals surface area contributed by atoms with E-state index in [1.165, 1.54) is 23.1 Å². The molecule has 2 aromatic rings. The lowest BCUT2D eigenvalue weighted by atomic mass is 10.1. The Hall–Kier alpha value is -3.04. The van der Waals surface area contributed by atoms with Crippen LogP contribution in [0.2, 0.25) is 0 Å². The highest BCUT2D eigenvalue weighted by molar-refractivity contribution is 5.97. The van der Waals surface area contributed by atoms with E-state index in [1.54, 1.807) is 4.90 Å². The van der Waals surface area contributed by atoms with E-state index in [-0.39, 0.29) is 37.6 Å². The van der Waals surface area contributed by atoms with Gasteiger partial charge in [-0.3, -0.25) is 14.3 Å². The van der Waals surface area contributed by atoms with Crippen LogP contribution in [0.3, 0.4) is 0 Å². The molecule has 1 aromatic carbocycles. The third kappa shape index (κ3) is 4.27. The molecule has 0 radical (unpaired) electrons. The lowest BCUT2D eigenvalue weighted by molar-refractivity contribution is -0.274. The third-order valence-electron chi connectivity index (χ3n) is 5.33. The van der Waals surface area contributed by atoms with E-state index in [0.717, 1.165) is 37.6 Å². The van der Waals surface area contributed by atoms with E-state index in [9.17, 15) is 22.8 Å². The molecule has 0 saturated carbocycles. The summed E-state index contributed by atoms with van der Waals surface area (Å²) in [4.78, 5) is 28.6. The van der Waals surface area contributed by atoms with Crippen LogP contribution in [0.1, 0.15) is 39.4 Å². The molecule has 4 rings (SSSR count). The first-order chi connectivity index (χ1) is 14.3. The van der Waals surface area contributed by atoms with E-state index < -0.39 is 18.0 Å². The number of ether oxygens (including phenoxy) is 1. The second-order valence-corrected chi connectivity index (χ2v) is 7.33. The minimum absolute atomic E-state index is 0.156. The van der Waals surface area contributed by atoms with Gasteiger partial charge in [0.2, 0.25) is 0 Å². The van der Waals surface area contributed by atoms with E-state index in [4.69, 9.17) is 0 Å². The number of aryl methyl sites for hydroxylation is 2. The number of fused-ring (bicyclic) bond motifs is 1. The number of amides is 2. The van der Waals surface area contributed by atoms with Crippen LogP contribution in [-0.2, 0) is 13.0 Å². The summed E-state index contributed by atoms with van der Waals surface area (Å²) in [5.41, 5.74) is 1.30. The van der Waals surface area contributed by atoms with Crippen molar-refractivity contribution in [1.82, 2.24) is 19.6 Å². The molecular weight excluding hydrogens is 401 g/mol. The fourth-order valence-corrected chi connectivity index (χ4v) is 3.82. The molecule has 0 atom stereocenters. The van der Waals surface area contributed by atoms with Crippen molar-refractivity contribution in [2.24, 2.45) is 0 Å². The molecule has 2 amide bonds. The molecular formula is C20H21F3N4O3. The molecule has 3 heterocycles. The highest BCUT2D eigenvalue weighted by Gasteiger charge is 2.34. The summed E-state index contributed by atoms with van der Waals surface area (Å²) < 4.78 is 43.7. The van der Waals surface area contributed by atoms with Crippen LogP contribution in [0.4, 0.5) is 13.2 Å². The Bertz CT molecular complexity index is 926. The highest BCUT2D eigenvalue weighted by atomic mass is 19.4. The Labute approximate surface area is 171 Å². The van der Waals surface area contributed by atoms with Crippen LogP contribution in [0.25, 0.3) is 0 Å². The second kappa shape index (κ2) is 8.00. The van der Waals surface area contributed by atoms with Crippen LogP contribution in [0.5, 0.6) is 5.75 Å². The second-order valence-electron chi connectivity index (χ2n) is 7.33. The minimum Gasteiger partial charge on any atom is -0.405 e. The number of nitrogens with zero attached hydrogens (tertiary/aromatic N) is 4. The lowest BCUT2D eigenvalue weighted by Gasteiger charge is -2.34. The number of benzene rings is 1. The lowest BCUT2D eigenvalue weighted by Crippen LogP contribution is -2.50. The molecule has 10 heteroatoms. The molecule has 2 aliphatic heterocycles. The maximum atomic E-state index is 12.8. The largest absolute Gasteiger partial charge is 0.573 e. The molecule has 0 N–H and O–H groups in total. The maximum absolute atomic E-state index is 12.8. The zero-order valence-electron chi connectivity index (χ0n) is 16.2. The predicted molar refractivity (Wildman–Crippen MR) is 100 cm³/mol. The van der Waals surface area contributed by atoms with Gasteiger partial charge in [0, 0.05) is 38.4 Å². The van der Waals surface area contributed by atoms with E-state index >= 15 is 0 Å². The number of hydrogen-bond donors (Lipinski definition) is 0. The summed E-state index contributed by atoms with van der Waals surface area (Å²) in [6.07, 6.45) is -1.85. The minimum atomic E-state index is -4.88. The number of alkyl halides is 3. The summed E-state index contributed by atoms with van der Waals surface area (Å²) in [6, 6.07) is 7.09. The number of aromatic nitrogens is 2. The van der Waals surface area contributed by atoms with Crippen LogP contribution in [0.15, 0.2) is 30.3 Å². The zero-order chi connectivity index (χ0) is 21.3. The number of piperazine rings is 1. The number of rotatable bonds is 3. The summed E-state index contributed by atoms with van der Waals surface area (Å²) in [5.74, 6) is -1.28. The van der Waals surface area contributed by atoms with Crippen molar-refractivity contribution in [3.63, 3.8) is 0 Å². The SMILES string of the molecule is O=C(c1cc2n(n1)CCCC2)N1CCN(C(=O)c2ccccc2OC(F)(F)F)CC1. The number of carbonyl (C=O) groups is 2. The van der Waals surface area contributed by atoms with Gasteiger partial charge >= 0.3 is 6.36 Å². The number of para-hydroxylation sites is 1. The average molecular weight is 422 g/mol. The Morgan fingerprint density at radius 2 is 1.60 bits per heavy atom. The predicted octanol–water partition coefficient (Wildman–Crippen LogP) is 2.72. The Morgan fingerprint density at radius 1 is 0.933 bits per heavy atom. The summed E-state index contributed by atoms with van der Waals surface area (Å²) in [5, 5.41) is 4.40. The van der Waals surface area contributed by atoms with Gasteiger partial charge < -0.3 is 14.5 Å². The van der Waals surface area contributed by atoms with Crippen molar-refractivity contribution >= 4 is 11.8 Å². The summed E-state index contributed by atoms with van der Waals surface area (Å²) in [7, 11) is 0. The number of carbonyl (C=O) groups excluding carboxylic acids is 2. The average Bonchev–Trinajstić information content (AvgIpc) is 3.16. The molecule has 0 spiro atoms. The van der Waals surface area contributed by atoms with Crippen molar-refractivity contribution in [3.8, 4) is 5.75 Å². The maximum Gasteiger partial charge on any atom is 0.573 e. The normalized spacial score (nSPS) is 16.9. The molecule has 7 nitrogen and oxygen atoms in total. The third-order valence-corrected chi connectivity index (χ3v) is 5.33. The quantitative estimate of drug-likeness (QED) is 0.763. The summed E-state index contributed by atoms with van der Waals surface area (Å²) in [6.45, 7) is 1.82. The molecule has 1 saturated heterocycles. The molecule has 2 aliphatic rings. The topological polar surface area (TPSA) is 67.7 Å². The van der Waals surface area contributed by atoms with Gasteiger partial charge in [-0.05, 0) is 37.5 Å². The van der Waals surface area contributed by atoms with Crippen molar-refractivity contribution < 1.29 is 27.5 Å². The fourth-order valence-electron chi connectivity index (χ4n) is 3.82. The zero-order valence-corrected chi connectivity index (χ0v) is 16.2. The fraction of sp³-hybridized carbons (Fsp3) is 0.450. The monoisotopic (exact) mass is 422 g/mol. The molecule has 0 aliphatic carbocycles. The molecule has 1 fully saturated rings. The Balaban J connectivity index is 1.40. The van der Waals surface area contributed by atoms with Crippen LogP contribution >= 0.6 is 0 Å². The Kier molecular flexibility index (Phi) is 5.40. The van der Waals surface area contributed by atoms with Crippen molar-refractivity contribution in [2.75, 3.05) is 26.2 Å². The van der Waals surface area contributed by atoms with Crippen molar-refractivity contribution in [3.05, 3.63) is 47.3 Å². The van der Waals surface area contributed by atoms with E-state index in [0.29, 0.717) is 5.69 Å². The van der Waals surface area contributed by atoms with Crippen LogP contribution < -0.4 is 4.74 Å². The smallest absolute Gasteiger partial charge is 0.405 e. The molecule has 1 aromatic heterocycles. The Morgan fingerprint density at radius 3 is 2.27 bits per heavy atom. The molecule has 0 unspecified atom stereocenters. The molecule has 160 valence electrons. The van der Waals surface area contributed by atoms with Gasteiger partial charge in [-0.1, -0.05) is 12.1 Å². The van der Waals surface area contributed by atoms with Gasteiger partial charge in [0.1, 0.15) is 5.75 Å². The first kappa shape index (κ1) is 20.2. The van der Waals surface area contributed by atoms with E-state index in [1.807, 2.05) is 10.7 Å². The van der Waals surface area contributed by atoms with Gasteiger partial charge in [0.15, 0.2) is 5.69 Å². The van der Waals surface area contributed by atoms with Crippen LogP contribution in [-0.4, -0.2) is 63.9 Å². The number of halogens is 3. The number of hydrogen-bond acceptors (Lipinski definition) is 4. The van der Waals surface area contributed by atoms with Gasteiger partial charge in [-0.2, -0.15) is 5.10 Å². The van der Waals surface area contributed by atoms with Crippen molar-refractivity contribution in [1.29, 1.82) is 0 Å². The first-order valence-electron chi connectivity index (χ1n) is 9.82. The van der Waals surface area contributed by atoms with Gasteiger partial charge in [0.05, 0.1) is 5.56 Å². The van der Waals surface area contributed by atoms with Gasteiger partial charge in [0.25, 0.3) is 11.8 Å². The van der Waals surface area contributed by atoms with E-state index in [2.05, 4.69) is 9.84 Å². The molecule has 0 bridgehead atoms. The first-order valence-corrected chi connectivity index (χ1v) is 9.82. The highest BCUT2D eigenvalue weighted by Crippen LogP contribution is 2.27. The van der Waals surface area contributed by atoms with Gasteiger partial charge in [-0.25, -0.2) is 0 Å². The molecule has 30 heavy (non-hydrogen) atoms. The van der Waals surface area contributed by atoms with Crippen LogP contribution in [0, 0.1) is 0 Å². The summed E-state index contributed by atoms with van der Waals surface area (Å²) >= 11 is 0. The van der Waals surface area contributed by atoms with Crippen molar-refractivity contribution in [2.45, 2.75) is 32.2 Å². The standard InChI is InChI=1S/C20H21F3N4O3/c21-20(22,23)30-17-7-2-1-6-15(17)18(28)25-9-11-26(12-10-25)19(29)16-13-14-5-3-4-8-27(14)24-16/h1-2,6-7,13H,3-5,8-12H2. The van der Waals surface area contributed by atoms with Gasteiger partial charge in [-0.15, -0.1) is 13.2 Å².